The third-order valence-electron chi connectivity index (χ3n) is 3.57. The van der Waals surface area contributed by atoms with Gasteiger partial charge in [0.1, 0.15) is 6.61 Å². The molecule has 20 heavy (non-hydrogen) atoms. The highest BCUT2D eigenvalue weighted by Gasteiger charge is 2.14. The molecule has 2 N–H and O–H groups in total. The Morgan fingerprint density at radius 1 is 1.25 bits per heavy atom. The number of nitrogens with zero attached hydrogens (tertiary/aromatic N) is 2. The van der Waals surface area contributed by atoms with E-state index in [0.29, 0.717) is 17.9 Å². The topological polar surface area (TPSA) is 58.8 Å². The molecule has 0 saturated carbocycles. The summed E-state index contributed by atoms with van der Waals surface area (Å²) in [4.78, 5) is 16.6. The minimum absolute atomic E-state index is 0.297. The van der Waals surface area contributed by atoms with Crippen LogP contribution < -0.4 is 5.73 Å². The van der Waals surface area contributed by atoms with Crippen LogP contribution in [0.25, 0.3) is 0 Å². The van der Waals surface area contributed by atoms with Gasteiger partial charge >= 0.3 is 5.97 Å². The number of nitrogens with two attached hydrogens (primary N) is 1. The molecule has 0 spiro atoms. The van der Waals surface area contributed by atoms with Crippen molar-refractivity contribution < 1.29 is 9.53 Å². The van der Waals surface area contributed by atoms with Gasteiger partial charge < -0.3 is 15.4 Å². The Hall–Kier alpha value is -1.59. The van der Waals surface area contributed by atoms with Gasteiger partial charge in [-0.15, -0.1) is 0 Å². The first-order valence-electron chi connectivity index (χ1n) is 7.00. The molecule has 5 heteroatoms. The number of hydrogen-bond donors (Lipinski definition) is 1. The third kappa shape index (κ3) is 4.21. The van der Waals surface area contributed by atoms with E-state index in [1.807, 2.05) is 13.0 Å². The summed E-state index contributed by atoms with van der Waals surface area (Å²) in [5, 5.41) is 0. The SMILES string of the molecule is Cc1cc(N)cc(C(=O)OCCN2CCN(C)CC2)c1. The lowest BCUT2D eigenvalue weighted by molar-refractivity contribution is 0.0432. The highest BCUT2D eigenvalue weighted by molar-refractivity contribution is 5.90. The summed E-state index contributed by atoms with van der Waals surface area (Å²) in [6, 6.07) is 5.29. The largest absolute Gasteiger partial charge is 0.461 e. The Bertz CT molecular complexity index is 448. The van der Waals surface area contributed by atoms with Crippen LogP contribution in [0.3, 0.4) is 0 Å². The van der Waals surface area contributed by atoms with Crippen molar-refractivity contribution in [2.45, 2.75) is 6.92 Å². The second kappa shape index (κ2) is 6.72. The summed E-state index contributed by atoms with van der Waals surface area (Å²) in [6.07, 6.45) is 0. The zero-order chi connectivity index (χ0) is 14.5. The van der Waals surface area contributed by atoms with Crippen LogP contribution in [0.5, 0.6) is 0 Å². The third-order valence-corrected chi connectivity index (χ3v) is 3.57. The number of anilines is 1. The monoisotopic (exact) mass is 277 g/mol. The molecule has 110 valence electrons. The van der Waals surface area contributed by atoms with E-state index in [1.165, 1.54) is 0 Å². The number of carbonyl (C=O) groups excluding carboxylic acids is 1. The van der Waals surface area contributed by atoms with Crippen LogP contribution in [0.15, 0.2) is 18.2 Å². The van der Waals surface area contributed by atoms with Crippen LogP contribution in [0.4, 0.5) is 5.69 Å². The maximum Gasteiger partial charge on any atom is 0.338 e. The van der Waals surface area contributed by atoms with E-state index in [1.54, 1.807) is 12.1 Å². The van der Waals surface area contributed by atoms with E-state index in [4.69, 9.17) is 10.5 Å². The second-order valence-electron chi connectivity index (χ2n) is 5.41. The highest BCUT2D eigenvalue weighted by atomic mass is 16.5. The van der Waals surface area contributed by atoms with Crippen molar-refractivity contribution in [3.8, 4) is 0 Å². The standard InChI is InChI=1S/C15H23N3O2/c1-12-9-13(11-14(16)10-12)15(19)20-8-7-18-5-3-17(2)4-6-18/h9-11H,3-8,16H2,1-2H3. The number of hydrogen-bond acceptors (Lipinski definition) is 5. The number of nitrogen functional groups attached to an aromatic ring is 1. The van der Waals surface area contributed by atoms with Crippen molar-refractivity contribution in [1.29, 1.82) is 0 Å². The molecular weight excluding hydrogens is 254 g/mol. The zero-order valence-electron chi connectivity index (χ0n) is 12.3. The van der Waals surface area contributed by atoms with Crippen LogP contribution >= 0.6 is 0 Å². The molecule has 0 radical (unpaired) electrons. The van der Waals surface area contributed by atoms with E-state index >= 15 is 0 Å². The number of likely N-dealkylation sites (N-methyl/N-ethyl adjacent to an activating group) is 1. The van der Waals surface area contributed by atoms with Gasteiger partial charge in [-0.1, -0.05) is 0 Å². The van der Waals surface area contributed by atoms with Crippen molar-refractivity contribution in [2.24, 2.45) is 0 Å². The van der Waals surface area contributed by atoms with Crippen molar-refractivity contribution in [2.75, 3.05) is 52.1 Å². The van der Waals surface area contributed by atoms with E-state index in [-0.39, 0.29) is 5.97 Å². The highest BCUT2D eigenvalue weighted by Crippen LogP contribution is 2.12. The zero-order valence-corrected chi connectivity index (χ0v) is 12.3. The molecule has 2 rings (SSSR count). The number of aryl methyl sites for hydroxylation is 1. The lowest BCUT2D eigenvalue weighted by Crippen LogP contribution is -2.45. The van der Waals surface area contributed by atoms with E-state index in [0.717, 1.165) is 38.3 Å². The summed E-state index contributed by atoms with van der Waals surface area (Å²) < 4.78 is 5.32. The maximum atomic E-state index is 11.9. The molecular formula is C15H23N3O2. The molecule has 1 aliphatic rings. The number of carbonyl (C=O) groups is 1. The van der Waals surface area contributed by atoms with Gasteiger partial charge in [-0.2, -0.15) is 0 Å². The summed E-state index contributed by atoms with van der Waals surface area (Å²) in [5.41, 5.74) is 7.83. The Labute approximate surface area is 120 Å². The van der Waals surface area contributed by atoms with Crippen LogP contribution in [0, 0.1) is 6.92 Å². The Morgan fingerprint density at radius 2 is 1.95 bits per heavy atom. The van der Waals surface area contributed by atoms with Crippen LogP contribution in [-0.2, 0) is 4.74 Å². The summed E-state index contributed by atoms with van der Waals surface area (Å²) in [5.74, 6) is -0.297. The number of esters is 1. The van der Waals surface area contributed by atoms with Gasteiger partial charge in [-0.3, -0.25) is 4.90 Å². The maximum absolute atomic E-state index is 11.9. The predicted molar refractivity (Wildman–Crippen MR) is 79.8 cm³/mol. The number of piperazine rings is 1. The van der Waals surface area contributed by atoms with Crippen molar-refractivity contribution in [1.82, 2.24) is 9.80 Å². The second-order valence-corrected chi connectivity index (χ2v) is 5.41. The normalized spacial score (nSPS) is 17.1. The summed E-state index contributed by atoms with van der Waals surface area (Å²) >= 11 is 0. The smallest absolute Gasteiger partial charge is 0.338 e. The van der Waals surface area contributed by atoms with E-state index < -0.39 is 0 Å². The molecule has 1 fully saturated rings. The molecule has 0 atom stereocenters. The number of rotatable bonds is 4. The first kappa shape index (κ1) is 14.8. The Balaban J connectivity index is 1.77. The van der Waals surface area contributed by atoms with Crippen molar-refractivity contribution >= 4 is 11.7 Å². The van der Waals surface area contributed by atoms with Crippen LogP contribution in [0.2, 0.25) is 0 Å². The summed E-state index contributed by atoms with van der Waals surface area (Å²) in [7, 11) is 2.12. The minimum atomic E-state index is -0.297. The fourth-order valence-corrected chi connectivity index (χ4v) is 2.35. The van der Waals surface area contributed by atoms with E-state index in [2.05, 4.69) is 16.8 Å². The van der Waals surface area contributed by atoms with Crippen molar-refractivity contribution in [3.63, 3.8) is 0 Å². The Kier molecular flexibility index (Phi) is 4.98. The Morgan fingerprint density at radius 3 is 2.60 bits per heavy atom. The molecule has 0 aliphatic carbocycles. The molecule has 0 bridgehead atoms. The van der Waals surface area contributed by atoms with Gasteiger partial charge in [0.05, 0.1) is 5.56 Å². The van der Waals surface area contributed by atoms with Gasteiger partial charge in [-0.25, -0.2) is 4.79 Å². The predicted octanol–water partition coefficient (Wildman–Crippen LogP) is 0.981. The lowest BCUT2D eigenvalue weighted by Gasteiger charge is -2.32. The van der Waals surface area contributed by atoms with Crippen LogP contribution in [-0.4, -0.2) is 62.1 Å². The van der Waals surface area contributed by atoms with Gasteiger partial charge in [-0.05, 0) is 37.7 Å². The van der Waals surface area contributed by atoms with Gasteiger partial charge in [0.25, 0.3) is 0 Å². The lowest BCUT2D eigenvalue weighted by atomic mass is 10.1. The average Bonchev–Trinajstić information content (AvgIpc) is 2.40. The fraction of sp³-hybridized carbons (Fsp3) is 0.533. The molecule has 1 heterocycles. The first-order chi connectivity index (χ1) is 9.54. The van der Waals surface area contributed by atoms with Gasteiger partial charge in [0.15, 0.2) is 0 Å². The minimum Gasteiger partial charge on any atom is -0.461 e. The van der Waals surface area contributed by atoms with E-state index in [9.17, 15) is 4.79 Å². The molecule has 0 unspecified atom stereocenters. The number of ether oxygens (including phenoxy) is 1. The van der Waals surface area contributed by atoms with Crippen LogP contribution in [0.1, 0.15) is 15.9 Å². The first-order valence-corrected chi connectivity index (χ1v) is 7.00. The molecule has 1 saturated heterocycles. The fourth-order valence-electron chi connectivity index (χ4n) is 2.35. The van der Waals surface area contributed by atoms with Gasteiger partial charge in [0, 0.05) is 38.4 Å². The molecule has 0 amide bonds. The molecule has 1 aromatic carbocycles. The molecule has 1 aromatic rings. The average molecular weight is 277 g/mol. The molecule has 0 aromatic heterocycles. The number of benzene rings is 1. The van der Waals surface area contributed by atoms with Gasteiger partial charge in [0.2, 0.25) is 0 Å². The molecule has 1 aliphatic heterocycles. The quantitative estimate of drug-likeness (QED) is 0.657. The molecule has 5 nitrogen and oxygen atoms in total. The van der Waals surface area contributed by atoms with Crippen molar-refractivity contribution in [3.05, 3.63) is 29.3 Å². The summed E-state index contributed by atoms with van der Waals surface area (Å²) in [6.45, 7) is 7.34.